The van der Waals surface area contributed by atoms with E-state index in [1.807, 2.05) is 30.3 Å². The number of hydrogen-bond acceptors (Lipinski definition) is 3. The summed E-state index contributed by atoms with van der Waals surface area (Å²) >= 11 is 3.42. The average molecular weight is 336 g/mol. The van der Waals surface area contributed by atoms with Gasteiger partial charge in [0.1, 0.15) is 5.75 Å². The van der Waals surface area contributed by atoms with Gasteiger partial charge in [0.05, 0.1) is 6.61 Å². The number of para-hydroxylation sites is 1. The van der Waals surface area contributed by atoms with E-state index in [-0.39, 0.29) is 0 Å². The van der Waals surface area contributed by atoms with Crippen molar-refractivity contribution >= 4 is 21.6 Å². The third-order valence-corrected chi connectivity index (χ3v) is 3.60. The maximum atomic E-state index is 9.84. The van der Waals surface area contributed by atoms with Gasteiger partial charge < -0.3 is 15.2 Å². The topological polar surface area (TPSA) is 41.5 Å². The quantitative estimate of drug-likeness (QED) is 0.839. The predicted molar refractivity (Wildman–Crippen MR) is 85.2 cm³/mol. The number of nitrogens with one attached hydrogen (secondary N) is 1. The summed E-state index contributed by atoms with van der Waals surface area (Å²) in [5.74, 6) is 0.301. The minimum absolute atomic E-state index is 0.301. The molecule has 0 spiro atoms. The van der Waals surface area contributed by atoms with Gasteiger partial charge in [0, 0.05) is 29.4 Å². The lowest BCUT2D eigenvalue weighted by atomic mass is 10.1. The number of hydrogen-bond donors (Lipinski definition) is 2. The van der Waals surface area contributed by atoms with E-state index in [9.17, 15) is 5.11 Å². The normalized spacial score (nSPS) is 10.5. The minimum atomic E-state index is 0.301. The van der Waals surface area contributed by atoms with Crippen LogP contribution in [0.2, 0.25) is 0 Å². The van der Waals surface area contributed by atoms with Crippen LogP contribution < -0.4 is 5.32 Å². The first-order valence-corrected chi connectivity index (χ1v) is 7.28. The summed E-state index contributed by atoms with van der Waals surface area (Å²) < 4.78 is 6.08. The maximum Gasteiger partial charge on any atom is 0.120 e. The molecule has 4 heteroatoms. The zero-order valence-corrected chi connectivity index (χ0v) is 13.0. The molecule has 0 aliphatic carbocycles. The molecule has 106 valence electrons. The van der Waals surface area contributed by atoms with Gasteiger partial charge in [-0.25, -0.2) is 0 Å². The summed E-state index contributed by atoms with van der Waals surface area (Å²) in [4.78, 5) is 0. The molecule has 0 aromatic heterocycles. The standard InChI is InChI=1S/C16H18BrNO2/c1-20-9-8-12-4-2-3-5-15(12)18-11-13-10-14(17)6-7-16(13)19/h2-7,10,18-19H,8-9,11H2,1H3. The zero-order valence-electron chi connectivity index (χ0n) is 11.4. The maximum absolute atomic E-state index is 9.84. The first kappa shape index (κ1) is 14.9. The summed E-state index contributed by atoms with van der Waals surface area (Å²) in [6.45, 7) is 1.27. The van der Waals surface area contributed by atoms with Gasteiger partial charge in [-0.05, 0) is 36.2 Å². The number of aromatic hydroxyl groups is 1. The Morgan fingerprint density at radius 2 is 1.95 bits per heavy atom. The highest BCUT2D eigenvalue weighted by molar-refractivity contribution is 9.10. The van der Waals surface area contributed by atoms with Crippen LogP contribution in [0.3, 0.4) is 0 Å². The van der Waals surface area contributed by atoms with E-state index in [0.717, 1.165) is 22.1 Å². The van der Waals surface area contributed by atoms with E-state index in [1.54, 1.807) is 13.2 Å². The van der Waals surface area contributed by atoms with Crippen molar-refractivity contribution in [1.82, 2.24) is 0 Å². The third-order valence-electron chi connectivity index (χ3n) is 3.10. The molecule has 2 N–H and O–H groups in total. The zero-order chi connectivity index (χ0) is 14.4. The first-order valence-electron chi connectivity index (χ1n) is 6.49. The Morgan fingerprint density at radius 1 is 1.15 bits per heavy atom. The van der Waals surface area contributed by atoms with E-state index >= 15 is 0 Å². The van der Waals surface area contributed by atoms with Crippen molar-refractivity contribution in [3.63, 3.8) is 0 Å². The fourth-order valence-corrected chi connectivity index (χ4v) is 2.42. The van der Waals surface area contributed by atoms with Gasteiger partial charge in [-0.1, -0.05) is 34.1 Å². The largest absolute Gasteiger partial charge is 0.508 e. The molecule has 20 heavy (non-hydrogen) atoms. The highest BCUT2D eigenvalue weighted by Crippen LogP contribution is 2.24. The molecule has 0 aliphatic rings. The van der Waals surface area contributed by atoms with E-state index < -0.39 is 0 Å². The van der Waals surface area contributed by atoms with Crippen molar-refractivity contribution in [3.8, 4) is 5.75 Å². The molecule has 0 radical (unpaired) electrons. The average Bonchev–Trinajstić information content (AvgIpc) is 2.47. The summed E-state index contributed by atoms with van der Waals surface area (Å²) in [7, 11) is 1.70. The van der Waals surface area contributed by atoms with Crippen LogP contribution in [-0.2, 0) is 17.7 Å². The molecule has 2 aromatic carbocycles. The molecule has 0 heterocycles. The fraction of sp³-hybridized carbons (Fsp3) is 0.250. The van der Waals surface area contributed by atoms with Crippen molar-refractivity contribution < 1.29 is 9.84 Å². The molecule has 0 amide bonds. The van der Waals surface area contributed by atoms with Gasteiger partial charge in [-0.2, -0.15) is 0 Å². The summed E-state index contributed by atoms with van der Waals surface area (Å²) in [6.07, 6.45) is 0.865. The number of ether oxygens (including phenoxy) is 1. The number of halogens is 1. The number of anilines is 1. The first-order chi connectivity index (χ1) is 9.70. The number of benzene rings is 2. The molecular formula is C16H18BrNO2. The molecule has 3 nitrogen and oxygen atoms in total. The van der Waals surface area contributed by atoms with Gasteiger partial charge in [0.25, 0.3) is 0 Å². The minimum Gasteiger partial charge on any atom is -0.508 e. The van der Waals surface area contributed by atoms with Crippen molar-refractivity contribution in [2.24, 2.45) is 0 Å². The number of phenols is 1. The third kappa shape index (κ3) is 3.99. The van der Waals surface area contributed by atoms with Crippen LogP contribution >= 0.6 is 15.9 Å². The Bertz CT molecular complexity index is 572. The lowest BCUT2D eigenvalue weighted by Gasteiger charge is -2.13. The highest BCUT2D eigenvalue weighted by atomic mass is 79.9. The van der Waals surface area contributed by atoms with Crippen LogP contribution in [0.5, 0.6) is 5.75 Å². The van der Waals surface area contributed by atoms with Gasteiger partial charge in [0.2, 0.25) is 0 Å². The molecule has 0 aliphatic heterocycles. The van der Waals surface area contributed by atoms with E-state index in [2.05, 4.69) is 27.3 Å². The smallest absolute Gasteiger partial charge is 0.120 e. The molecule has 0 atom stereocenters. The monoisotopic (exact) mass is 335 g/mol. The highest BCUT2D eigenvalue weighted by Gasteiger charge is 2.04. The Kier molecular flexibility index (Phi) is 5.44. The van der Waals surface area contributed by atoms with Gasteiger partial charge in [0.15, 0.2) is 0 Å². The number of methoxy groups -OCH3 is 1. The van der Waals surface area contributed by atoms with E-state index in [1.165, 1.54) is 5.56 Å². The van der Waals surface area contributed by atoms with Gasteiger partial charge in [-0.3, -0.25) is 0 Å². The van der Waals surface area contributed by atoms with Crippen molar-refractivity contribution in [2.45, 2.75) is 13.0 Å². The number of phenolic OH excluding ortho intramolecular Hbond substituents is 1. The molecule has 2 rings (SSSR count). The Labute approximate surface area is 127 Å². The second-order valence-electron chi connectivity index (χ2n) is 4.53. The van der Waals surface area contributed by atoms with Gasteiger partial charge >= 0.3 is 0 Å². The Morgan fingerprint density at radius 3 is 2.75 bits per heavy atom. The van der Waals surface area contributed by atoms with Gasteiger partial charge in [-0.15, -0.1) is 0 Å². The number of rotatable bonds is 6. The van der Waals surface area contributed by atoms with E-state index in [0.29, 0.717) is 18.9 Å². The van der Waals surface area contributed by atoms with Crippen molar-refractivity contribution in [3.05, 3.63) is 58.1 Å². The van der Waals surface area contributed by atoms with Crippen LogP contribution in [0.25, 0.3) is 0 Å². The molecule has 0 saturated carbocycles. The van der Waals surface area contributed by atoms with E-state index in [4.69, 9.17) is 4.74 Å². The second kappa shape index (κ2) is 7.31. The molecular weight excluding hydrogens is 318 g/mol. The van der Waals surface area contributed by atoms with Crippen LogP contribution in [-0.4, -0.2) is 18.8 Å². The van der Waals surface area contributed by atoms with Crippen LogP contribution in [0.4, 0.5) is 5.69 Å². The van der Waals surface area contributed by atoms with Crippen molar-refractivity contribution in [1.29, 1.82) is 0 Å². The van der Waals surface area contributed by atoms with Crippen LogP contribution in [0.1, 0.15) is 11.1 Å². The lowest BCUT2D eigenvalue weighted by molar-refractivity contribution is 0.202. The second-order valence-corrected chi connectivity index (χ2v) is 5.44. The SMILES string of the molecule is COCCc1ccccc1NCc1cc(Br)ccc1O. The van der Waals surface area contributed by atoms with Crippen LogP contribution in [0, 0.1) is 0 Å². The fourth-order valence-electron chi connectivity index (χ4n) is 2.01. The summed E-state index contributed by atoms with van der Waals surface area (Å²) in [5.41, 5.74) is 3.15. The predicted octanol–water partition coefficient (Wildman–Crippen LogP) is 3.96. The molecule has 0 bridgehead atoms. The Balaban J connectivity index is 2.08. The molecule has 2 aromatic rings. The molecule has 0 fully saturated rings. The lowest BCUT2D eigenvalue weighted by Crippen LogP contribution is -2.04. The Hall–Kier alpha value is -1.52. The summed E-state index contributed by atoms with van der Waals surface area (Å²) in [5, 5.41) is 13.2. The van der Waals surface area contributed by atoms with Crippen molar-refractivity contribution in [2.75, 3.05) is 19.0 Å². The molecule has 0 unspecified atom stereocenters. The molecule has 0 saturated heterocycles. The summed E-state index contributed by atoms with van der Waals surface area (Å²) in [6, 6.07) is 13.6. The van der Waals surface area contributed by atoms with Crippen LogP contribution in [0.15, 0.2) is 46.9 Å².